The Morgan fingerprint density at radius 1 is 1.08 bits per heavy atom. The molecule has 0 radical (unpaired) electrons. The zero-order chi connectivity index (χ0) is 17.6. The van der Waals surface area contributed by atoms with E-state index in [0.717, 1.165) is 11.1 Å². The second kappa shape index (κ2) is 7.48. The number of nitrogens with zero attached hydrogens (tertiary/aromatic N) is 2. The number of fused-ring (bicyclic) bond motifs is 1. The maximum absolute atomic E-state index is 12.1. The van der Waals surface area contributed by atoms with Gasteiger partial charge < -0.3 is 15.5 Å². The first-order valence-corrected chi connectivity index (χ1v) is 7.93. The summed E-state index contributed by atoms with van der Waals surface area (Å²) < 4.78 is 0. The first-order chi connectivity index (χ1) is 12.1. The van der Waals surface area contributed by atoms with Crippen LogP contribution in [0.5, 0.6) is 0 Å². The van der Waals surface area contributed by atoms with Crippen LogP contribution in [0.3, 0.4) is 0 Å². The number of hydrogen-bond acceptors (Lipinski definition) is 4. The number of anilines is 2. The van der Waals surface area contributed by atoms with Crippen LogP contribution in [0.4, 0.5) is 16.3 Å². The third-order valence-electron chi connectivity index (χ3n) is 3.81. The van der Waals surface area contributed by atoms with Crippen LogP contribution in [-0.4, -0.2) is 41.3 Å². The molecule has 25 heavy (non-hydrogen) atoms. The lowest BCUT2D eigenvalue weighted by Crippen LogP contribution is -2.35. The van der Waals surface area contributed by atoms with Gasteiger partial charge in [0.15, 0.2) is 5.82 Å². The second-order valence-corrected chi connectivity index (χ2v) is 5.59. The molecule has 0 atom stereocenters. The monoisotopic (exact) mass is 337 g/mol. The van der Waals surface area contributed by atoms with Crippen molar-refractivity contribution in [2.24, 2.45) is 0 Å². The molecule has 0 aliphatic heterocycles. The number of carbonyl (C=O) groups is 1. The number of likely N-dealkylation sites (N-methyl/N-ethyl adjacent to an activating group) is 1. The van der Waals surface area contributed by atoms with Gasteiger partial charge in [-0.3, -0.25) is 4.79 Å². The minimum absolute atomic E-state index is 0.188. The van der Waals surface area contributed by atoms with Gasteiger partial charge in [-0.25, -0.2) is 9.89 Å². The molecule has 7 nitrogen and oxygen atoms in total. The summed E-state index contributed by atoms with van der Waals surface area (Å²) in [6, 6.07) is 16.4. The molecule has 1 aromatic heterocycles. The van der Waals surface area contributed by atoms with E-state index < -0.39 is 0 Å². The molecule has 3 N–H and O–H groups in total. The molecule has 0 spiro atoms. The number of nitrogens with one attached hydrogen (secondary N) is 3. The highest BCUT2D eigenvalue weighted by Crippen LogP contribution is 2.16. The first kappa shape index (κ1) is 16.5. The van der Waals surface area contributed by atoms with Gasteiger partial charge in [-0.15, -0.1) is 0 Å². The van der Waals surface area contributed by atoms with Crippen molar-refractivity contribution in [3.8, 4) is 0 Å². The molecule has 0 aliphatic rings. The summed E-state index contributed by atoms with van der Waals surface area (Å²) in [7, 11) is 1.72. The average molecular weight is 337 g/mol. The van der Waals surface area contributed by atoms with Crippen molar-refractivity contribution in [3.63, 3.8) is 0 Å². The van der Waals surface area contributed by atoms with Gasteiger partial charge in [0, 0.05) is 31.2 Å². The number of benzene rings is 2. The van der Waals surface area contributed by atoms with Gasteiger partial charge in [-0.1, -0.05) is 36.4 Å². The van der Waals surface area contributed by atoms with E-state index >= 15 is 0 Å². The van der Waals surface area contributed by atoms with Gasteiger partial charge >= 0.3 is 6.03 Å². The number of hydrogen-bond donors (Lipinski definition) is 3. The van der Waals surface area contributed by atoms with Gasteiger partial charge in [0.05, 0.1) is 5.39 Å². The Hall–Kier alpha value is -3.35. The number of carbonyl (C=O) groups excluding carboxylic acids is 1. The number of H-pyrrole nitrogens is 1. The third kappa shape index (κ3) is 3.95. The van der Waals surface area contributed by atoms with Crippen LogP contribution in [0.15, 0.2) is 59.4 Å². The Kier molecular flexibility index (Phi) is 4.94. The van der Waals surface area contributed by atoms with Crippen molar-refractivity contribution in [2.45, 2.75) is 0 Å². The number of aromatic amines is 1. The van der Waals surface area contributed by atoms with Gasteiger partial charge in [-0.05, 0) is 18.2 Å². The smallest absolute Gasteiger partial charge is 0.321 e. The number of aromatic nitrogens is 2. The van der Waals surface area contributed by atoms with E-state index in [2.05, 4.69) is 20.8 Å². The molecule has 3 aromatic rings. The third-order valence-corrected chi connectivity index (χ3v) is 3.81. The van der Waals surface area contributed by atoms with E-state index in [1.54, 1.807) is 18.0 Å². The summed E-state index contributed by atoms with van der Waals surface area (Å²) in [5.74, 6) is 0.590. The van der Waals surface area contributed by atoms with E-state index in [9.17, 15) is 9.59 Å². The van der Waals surface area contributed by atoms with Crippen LogP contribution in [-0.2, 0) is 0 Å². The molecule has 0 saturated heterocycles. The van der Waals surface area contributed by atoms with Crippen molar-refractivity contribution in [1.29, 1.82) is 0 Å². The van der Waals surface area contributed by atoms with Crippen LogP contribution in [0.1, 0.15) is 0 Å². The summed E-state index contributed by atoms with van der Waals surface area (Å²) >= 11 is 0. The summed E-state index contributed by atoms with van der Waals surface area (Å²) in [4.78, 5) is 25.5. The Morgan fingerprint density at radius 2 is 1.76 bits per heavy atom. The van der Waals surface area contributed by atoms with Crippen LogP contribution in [0.2, 0.25) is 0 Å². The zero-order valence-electron chi connectivity index (χ0n) is 13.8. The van der Waals surface area contributed by atoms with Crippen molar-refractivity contribution < 1.29 is 4.79 Å². The molecule has 0 unspecified atom stereocenters. The minimum atomic E-state index is -0.222. The number of rotatable bonds is 5. The molecule has 1 heterocycles. The maximum atomic E-state index is 12.1. The lowest BCUT2D eigenvalue weighted by atomic mass is 10.2. The predicted octanol–water partition coefficient (Wildman–Crippen LogP) is 2.50. The maximum Gasteiger partial charge on any atom is 0.321 e. The molecular formula is C18H19N5O2. The van der Waals surface area contributed by atoms with E-state index in [1.165, 1.54) is 0 Å². The Bertz CT molecular complexity index is 923. The SMILES string of the molecule is CN(CCNc1n[nH]c(=O)c2ccccc12)C(=O)Nc1ccccc1. The molecule has 0 fully saturated rings. The molecule has 2 amide bonds. The summed E-state index contributed by atoms with van der Waals surface area (Å²) in [6.07, 6.45) is 0. The molecule has 0 saturated carbocycles. The van der Waals surface area contributed by atoms with Crippen LogP contribution < -0.4 is 16.2 Å². The van der Waals surface area contributed by atoms with Crippen LogP contribution in [0.25, 0.3) is 10.8 Å². The lowest BCUT2D eigenvalue weighted by molar-refractivity contribution is 0.224. The van der Waals surface area contributed by atoms with E-state index in [1.807, 2.05) is 48.5 Å². The molecule has 2 aromatic carbocycles. The fraction of sp³-hybridized carbons (Fsp3) is 0.167. The minimum Gasteiger partial charge on any atom is -0.366 e. The molecule has 0 aliphatic carbocycles. The molecular weight excluding hydrogens is 318 g/mol. The lowest BCUT2D eigenvalue weighted by Gasteiger charge is -2.18. The van der Waals surface area contributed by atoms with Crippen molar-refractivity contribution >= 4 is 28.3 Å². The van der Waals surface area contributed by atoms with Crippen molar-refractivity contribution in [1.82, 2.24) is 15.1 Å². The summed E-state index contributed by atoms with van der Waals surface area (Å²) in [5, 5.41) is 13.8. The molecule has 3 rings (SSSR count). The number of urea groups is 1. The highest BCUT2D eigenvalue weighted by molar-refractivity contribution is 5.91. The second-order valence-electron chi connectivity index (χ2n) is 5.59. The quantitative estimate of drug-likeness (QED) is 0.667. The van der Waals surface area contributed by atoms with E-state index in [-0.39, 0.29) is 11.6 Å². The normalized spacial score (nSPS) is 10.4. The van der Waals surface area contributed by atoms with Gasteiger partial charge in [-0.2, -0.15) is 5.10 Å². The topological polar surface area (TPSA) is 90.1 Å². The van der Waals surface area contributed by atoms with E-state index in [4.69, 9.17) is 0 Å². The molecule has 7 heteroatoms. The standard InChI is InChI=1S/C18H19N5O2/c1-23(18(25)20-13-7-3-2-4-8-13)12-11-19-16-14-9-5-6-10-15(14)17(24)22-21-16/h2-10H,11-12H2,1H3,(H,19,21)(H,20,25)(H,22,24). The van der Waals surface area contributed by atoms with Crippen LogP contribution >= 0.6 is 0 Å². The zero-order valence-corrected chi connectivity index (χ0v) is 13.8. The van der Waals surface area contributed by atoms with Gasteiger partial charge in [0.1, 0.15) is 0 Å². The van der Waals surface area contributed by atoms with Gasteiger partial charge in [0.25, 0.3) is 5.56 Å². The summed E-state index contributed by atoms with van der Waals surface area (Å²) in [6.45, 7) is 0.982. The van der Waals surface area contributed by atoms with Crippen LogP contribution in [0, 0.1) is 0 Å². The average Bonchev–Trinajstić information content (AvgIpc) is 2.64. The highest BCUT2D eigenvalue weighted by Gasteiger charge is 2.09. The Morgan fingerprint density at radius 3 is 2.52 bits per heavy atom. The highest BCUT2D eigenvalue weighted by atomic mass is 16.2. The Labute approximate surface area is 144 Å². The Balaban J connectivity index is 1.59. The largest absolute Gasteiger partial charge is 0.366 e. The fourth-order valence-electron chi connectivity index (χ4n) is 2.43. The predicted molar refractivity (Wildman–Crippen MR) is 98.9 cm³/mol. The number of amides is 2. The van der Waals surface area contributed by atoms with Crippen molar-refractivity contribution in [2.75, 3.05) is 30.8 Å². The van der Waals surface area contributed by atoms with E-state index in [0.29, 0.717) is 24.3 Å². The molecule has 128 valence electrons. The fourth-order valence-corrected chi connectivity index (χ4v) is 2.43. The molecule has 0 bridgehead atoms. The van der Waals surface area contributed by atoms with Gasteiger partial charge in [0.2, 0.25) is 0 Å². The first-order valence-electron chi connectivity index (χ1n) is 7.93. The van der Waals surface area contributed by atoms with Crippen molar-refractivity contribution in [3.05, 3.63) is 65.0 Å². The summed E-state index contributed by atoms with van der Waals surface area (Å²) in [5.41, 5.74) is 0.529. The number of para-hydroxylation sites is 1.